The van der Waals surface area contributed by atoms with Gasteiger partial charge in [0.25, 0.3) is 0 Å². The third-order valence-corrected chi connectivity index (χ3v) is 2.69. The van der Waals surface area contributed by atoms with Crippen molar-refractivity contribution in [3.63, 3.8) is 0 Å². The minimum atomic E-state index is 0. The van der Waals surface area contributed by atoms with Crippen LogP contribution in [0.3, 0.4) is 0 Å². The first-order valence-corrected chi connectivity index (χ1v) is 6.15. The summed E-state index contributed by atoms with van der Waals surface area (Å²) < 4.78 is 0. The van der Waals surface area contributed by atoms with Gasteiger partial charge >= 0.3 is 21.1 Å². The van der Waals surface area contributed by atoms with Gasteiger partial charge in [-0.15, -0.1) is 12.8 Å². The molecule has 2 aliphatic carbocycles. The number of hydrogen-bond donors (Lipinski definition) is 0. The van der Waals surface area contributed by atoms with Crippen LogP contribution in [0, 0.1) is 24.0 Å². The van der Waals surface area contributed by atoms with Gasteiger partial charge in [0.1, 0.15) is 0 Å². The van der Waals surface area contributed by atoms with Crippen molar-refractivity contribution in [2.45, 2.75) is 40.5 Å². The molecule has 0 nitrogen and oxygen atoms in total. The van der Waals surface area contributed by atoms with E-state index < -0.39 is 0 Å². The molecule has 0 aliphatic heterocycles. The molecule has 0 amide bonds. The molecule has 0 bridgehead atoms. The van der Waals surface area contributed by atoms with Crippen molar-refractivity contribution in [1.82, 2.24) is 0 Å². The fourth-order valence-corrected chi connectivity index (χ4v) is 1.64. The normalized spacial score (nSPS) is 16.6. The Morgan fingerprint density at radius 1 is 0.882 bits per heavy atom. The number of allylic oxidation sites excluding steroid dienone is 8. The fourth-order valence-electron chi connectivity index (χ4n) is 1.64. The van der Waals surface area contributed by atoms with Crippen molar-refractivity contribution in [3.05, 3.63) is 47.6 Å². The van der Waals surface area contributed by atoms with Crippen LogP contribution >= 0.6 is 0 Å². The van der Waals surface area contributed by atoms with Crippen molar-refractivity contribution in [3.8, 4) is 0 Å². The van der Waals surface area contributed by atoms with E-state index in [-0.39, 0.29) is 23.9 Å². The summed E-state index contributed by atoms with van der Waals surface area (Å²) in [7, 11) is 0. The molecule has 0 aromatic carbocycles. The summed E-state index contributed by atoms with van der Waals surface area (Å²) in [6, 6.07) is 0. The van der Waals surface area contributed by atoms with Crippen LogP contribution in [0.1, 0.15) is 43.4 Å². The molecule has 0 atom stereocenters. The molecule has 0 aromatic heterocycles. The molecule has 0 aromatic rings. The van der Waals surface area contributed by atoms with Crippen LogP contribution in [-0.4, -0.2) is 0 Å². The second kappa shape index (κ2) is 8.70. The smallest absolute Gasteiger partial charge is 1.00 e. The van der Waals surface area contributed by atoms with Crippen molar-refractivity contribution >= 4 is 0 Å². The summed E-state index contributed by atoms with van der Waals surface area (Å²) in [4.78, 5) is 0. The zero-order valence-electron chi connectivity index (χ0n) is 13.3. The molecule has 0 heterocycles. The van der Waals surface area contributed by atoms with E-state index in [0.29, 0.717) is 11.8 Å². The summed E-state index contributed by atoms with van der Waals surface area (Å²) in [5, 5.41) is 0. The largest absolute Gasteiger partial charge is 2.00 e. The van der Waals surface area contributed by atoms with Crippen molar-refractivity contribution in [2.75, 3.05) is 0 Å². The molecule has 2 aliphatic rings. The molecule has 1 heteroatoms. The van der Waals surface area contributed by atoms with Crippen molar-refractivity contribution < 1.29 is 23.9 Å². The zero-order valence-corrected chi connectivity index (χ0v) is 14.2. The van der Waals surface area contributed by atoms with Crippen LogP contribution in [0.4, 0.5) is 0 Å². The maximum atomic E-state index is 3.26. The first kappa shape index (κ1) is 16.6. The molecule has 0 saturated carbocycles. The van der Waals surface area contributed by atoms with E-state index in [4.69, 9.17) is 0 Å². The average molecular weight is 400 g/mol. The van der Waals surface area contributed by atoms with Gasteiger partial charge in [-0.2, -0.15) is 12.2 Å². The Morgan fingerprint density at radius 3 is 1.35 bits per heavy atom. The van der Waals surface area contributed by atoms with Gasteiger partial charge in [-0.05, 0) is 0 Å². The number of hydrogen-bond acceptors (Lipinski definition) is 0. The summed E-state index contributed by atoms with van der Waals surface area (Å²) in [5.74, 6) is 1.32. The van der Waals surface area contributed by atoms with Gasteiger partial charge < -0.3 is 2.85 Å². The van der Waals surface area contributed by atoms with E-state index >= 15 is 0 Å². The van der Waals surface area contributed by atoms with E-state index in [1.807, 2.05) is 0 Å². The summed E-state index contributed by atoms with van der Waals surface area (Å²) >= 11 is 0. The maximum Gasteiger partial charge on any atom is 2.00 e. The third-order valence-electron chi connectivity index (χ3n) is 2.69. The van der Waals surface area contributed by atoms with E-state index in [0.717, 1.165) is 12.8 Å². The quantitative estimate of drug-likeness (QED) is 0.580. The molecule has 0 N–H and O–H groups in total. The first-order valence-electron chi connectivity index (χ1n) is 6.15. The summed E-state index contributed by atoms with van der Waals surface area (Å²) in [6.07, 6.45) is 17.2. The van der Waals surface area contributed by atoms with E-state index in [9.17, 15) is 0 Å². The standard InChI is InChI=1S/2C8H11.W.2H/c2*1-7(2)8-5-3-4-6-8;;;/h2*3,5,7H,4H2,1-2H3;;;/q2*-1;+2;2*-1. The van der Waals surface area contributed by atoms with Gasteiger partial charge in [0.05, 0.1) is 0 Å². The van der Waals surface area contributed by atoms with Crippen LogP contribution in [0.15, 0.2) is 35.5 Å². The van der Waals surface area contributed by atoms with Crippen LogP contribution in [-0.2, 0) is 21.1 Å². The Morgan fingerprint density at radius 2 is 1.24 bits per heavy atom. The Balaban J connectivity index is -0.000000233. The van der Waals surface area contributed by atoms with Gasteiger partial charge in [-0.3, -0.25) is 12.2 Å². The molecule has 0 unspecified atom stereocenters. The predicted molar refractivity (Wildman–Crippen MR) is 72.9 cm³/mol. The SMILES string of the molecule is CC(C)C1=[C-]CC=C1.CC(C)C1=[C-]CC=C1.[H-].[H-].[W+2]. The van der Waals surface area contributed by atoms with E-state index in [2.05, 4.69) is 64.2 Å². The van der Waals surface area contributed by atoms with Gasteiger partial charge in [0.2, 0.25) is 0 Å². The first-order chi connectivity index (χ1) is 7.61. The van der Waals surface area contributed by atoms with Crippen LogP contribution in [0.25, 0.3) is 0 Å². The van der Waals surface area contributed by atoms with Gasteiger partial charge in [-0.25, -0.2) is 23.3 Å². The topological polar surface area (TPSA) is 0 Å². The Kier molecular flexibility index (Phi) is 8.52. The predicted octanol–water partition coefficient (Wildman–Crippen LogP) is 4.89. The molecule has 0 radical (unpaired) electrons. The van der Waals surface area contributed by atoms with Crippen LogP contribution < -0.4 is 0 Å². The van der Waals surface area contributed by atoms with Gasteiger partial charge in [0, 0.05) is 0 Å². The third kappa shape index (κ3) is 6.22. The Hall–Kier alpha value is -0.352. The van der Waals surface area contributed by atoms with Crippen molar-refractivity contribution in [2.24, 2.45) is 11.8 Å². The molecule has 0 spiro atoms. The second-order valence-electron chi connectivity index (χ2n) is 4.79. The van der Waals surface area contributed by atoms with E-state index in [1.54, 1.807) is 0 Å². The summed E-state index contributed by atoms with van der Waals surface area (Å²) in [5.41, 5.74) is 2.73. The zero-order chi connectivity index (χ0) is 12.0. The molecule has 96 valence electrons. The van der Waals surface area contributed by atoms with Crippen LogP contribution in [0.2, 0.25) is 0 Å². The monoisotopic (exact) mass is 400 g/mol. The molecular weight excluding hydrogens is 376 g/mol. The molecule has 0 saturated heterocycles. The van der Waals surface area contributed by atoms with Crippen LogP contribution in [0.5, 0.6) is 0 Å². The Labute approximate surface area is 124 Å². The molecule has 2 rings (SSSR count). The second-order valence-corrected chi connectivity index (χ2v) is 4.79. The maximum absolute atomic E-state index is 3.26. The minimum Gasteiger partial charge on any atom is -1.00 e. The minimum absolute atomic E-state index is 0. The fraction of sp³-hybridized carbons (Fsp3) is 0.500. The molecule has 0 fully saturated rings. The van der Waals surface area contributed by atoms with Crippen molar-refractivity contribution in [1.29, 1.82) is 0 Å². The van der Waals surface area contributed by atoms with Gasteiger partial charge in [-0.1, -0.05) is 39.5 Å². The van der Waals surface area contributed by atoms with E-state index in [1.165, 1.54) is 11.1 Å². The van der Waals surface area contributed by atoms with Gasteiger partial charge in [0.15, 0.2) is 0 Å². The average Bonchev–Trinajstić information content (AvgIpc) is 2.93. The Bertz CT molecular complexity index is 303. The number of rotatable bonds is 2. The summed E-state index contributed by atoms with van der Waals surface area (Å²) in [6.45, 7) is 8.77. The molecule has 17 heavy (non-hydrogen) atoms. The molecular formula is C16H24W-2.